The Morgan fingerprint density at radius 3 is 3.00 bits per heavy atom. The van der Waals surface area contributed by atoms with Crippen LogP contribution < -0.4 is 0 Å². The summed E-state index contributed by atoms with van der Waals surface area (Å²) in [5, 5.41) is 0.654. The number of aromatic nitrogens is 3. The molecule has 3 heterocycles. The highest BCUT2D eigenvalue weighted by molar-refractivity contribution is 6.30. The number of rotatable bonds is 4. The van der Waals surface area contributed by atoms with E-state index in [4.69, 9.17) is 26.0 Å². The molecule has 1 unspecified atom stereocenters. The number of halogens is 2. The van der Waals surface area contributed by atoms with Crippen LogP contribution in [0.4, 0.5) is 4.39 Å². The number of oxazole rings is 1. The minimum Gasteiger partial charge on any atom is -0.441 e. The van der Waals surface area contributed by atoms with Crippen molar-refractivity contribution >= 4 is 22.6 Å². The molecule has 0 spiro atoms. The third kappa shape index (κ3) is 3.54. The maximum Gasteiger partial charge on any atom is 0.226 e. The zero-order valence-electron chi connectivity index (χ0n) is 16.0. The van der Waals surface area contributed by atoms with E-state index in [9.17, 15) is 4.39 Å². The molecule has 0 saturated carbocycles. The molecule has 1 N–H and O–H groups in total. The first-order valence-corrected chi connectivity index (χ1v) is 10.1. The minimum absolute atomic E-state index is 0.149. The minimum atomic E-state index is -0.261. The average Bonchev–Trinajstić information content (AvgIpc) is 3.40. The van der Waals surface area contributed by atoms with Gasteiger partial charge in [0.15, 0.2) is 0 Å². The quantitative estimate of drug-likeness (QED) is 0.472. The highest BCUT2D eigenvalue weighted by atomic mass is 35.5. The number of benzene rings is 2. The Balaban J connectivity index is 1.40. The molecular weight excluding hydrogens is 391 g/mol. The van der Waals surface area contributed by atoms with E-state index in [0.29, 0.717) is 17.5 Å². The lowest BCUT2D eigenvalue weighted by Crippen LogP contribution is -2.24. The second-order valence-electron chi connectivity index (χ2n) is 7.44. The standard InChI is InChI=1S/C22H20ClFN4O/c1-13-19(27-22(29-13)14-4-2-5-15(23)10-14)12-28-9-3-6-20(28)21-25-17-8-7-16(24)11-18(17)26-21/h2,4-5,7-8,10-11,20H,3,6,9,12H2,1H3,(H,25,26). The molecule has 4 aromatic rings. The number of H-pyrrole nitrogens is 1. The Morgan fingerprint density at radius 2 is 2.14 bits per heavy atom. The first kappa shape index (κ1) is 18.3. The van der Waals surface area contributed by atoms with Gasteiger partial charge in [-0.2, -0.15) is 0 Å². The number of aryl methyl sites for hydroxylation is 1. The van der Waals surface area contributed by atoms with E-state index in [-0.39, 0.29) is 11.9 Å². The van der Waals surface area contributed by atoms with Crippen molar-refractivity contribution in [3.63, 3.8) is 0 Å². The van der Waals surface area contributed by atoms with Gasteiger partial charge >= 0.3 is 0 Å². The van der Waals surface area contributed by atoms with E-state index in [0.717, 1.165) is 53.3 Å². The topological polar surface area (TPSA) is 58.0 Å². The maximum absolute atomic E-state index is 13.5. The Hall–Kier alpha value is -2.70. The van der Waals surface area contributed by atoms with Crippen LogP contribution in [0.2, 0.25) is 5.02 Å². The predicted octanol–water partition coefficient (Wildman–Crippen LogP) is 5.66. The van der Waals surface area contributed by atoms with Gasteiger partial charge in [0, 0.05) is 17.1 Å². The van der Waals surface area contributed by atoms with E-state index < -0.39 is 0 Å². The summed E-state index contributed by atoms with van der Waals surface area (Å²) in [5.74, 6) is 1.99. The fourth-order valence-electron chi connectivity index (χ4n) is 4.00. The molecule has 1 atom stereocenters. The number of likely N-dealkylation sites (tertiary alicyclic amines) is 1. The number of nitrogens with one attached hydrogen (secondary N) is 1. The van der Waals surface area contributed by atoms with E-state index >= 15 is 0 Å². The van der Waals surface area contributed by atoms with Crippen LogP contribution in [0.25, 0.3) is 22.5 Å². The molecular formula is C22H20ClFN4O. The van der Waals surface area contributed by atoms with Crippen molar-refractivity contribution in [2.24, 2.45) is 0 Å². The van der Waals surface area contributed by atoms with E-state index in [1.165, 1.54) is 12.1 Å². The summed E-state index contributed by atoms with van der Waals surface area (Å²) in [6, 6.07) is 12.3. The van der Waals surface area contributed by atoms with Gasteiger partial charge in [-0.3, -0.25) is 4.90 Å². The van der Waals surface area contributed by atoms with Crippen LogP contribution in [0.15, 0.2) is 46.9 Å². The van der Waals surface area contributed by atoms with Crippen molar-refractivity contribution in [2.75, 3.05) is 6.54 Å². The molecule has 2 aromatic heterocycles. The highest BCUT2D eigenvalue weighted by Gasteiger charge is 2.30. The summed E-state index contributed by atoms with van der Waals surface area (Å²) >= 11 is 6.10. The Kier molecular flexibility index (Phi) is 4.60. The van der Waals surface area contributed by atoms with Crippen LogP contribution in [0.3, 0.4) is 0 Å². The van der Waals surface area contributed by atoms with Gasteiger partial charge in [0.2, 0.25) is 5.89 Å². The van der Waals surface area contributed by atoms with Gasteiger partial charge < -0.3 is 9.40 Å². The van der Waals surface area contributed by atoms with Crippen molar-refractivity contribution in [3.05, 3.63) is 70.6 Å². The van der Waals surface area contributed by atoms with Crippen molar-refractivity contribution in [3.8, 4) is 11.5 Å². The molecule has 5 rings (SSSR count). The molecule has 2 aromatic carbocycles. The number of nitrogens with zero attached hydrogens (tertiary/aromatic N) is 3. The molecule has 5 nitrogen and oxygen atoms in total. The third-order valence-electron chi connectivity index (χ3n) is 5.46. The fraction of sp³-hybridized carbons (Fsp3) is 0.273. The molecule has 1 saturated heterocycles. The zero-order chi connectivity index (χ0) is 20.0. The van der Waals surface area contributed by atoms with E-state index in [2.05, 4.69) is 9.88 Å². The zero-order valence-corrected chi connectivity index (χ0v) is 16.7. The largest absolute Gasteiger partial charge is 0.441 e. The van der Waals surface area contributed by atoms with Crippen LogP contribution in [0.5, 0.6) is 0 Å². The number of hydrogen-bond acceptors (Lipinski definition) is 4. The normalized spacial score (nSPS) is 17.4. The molecule has 1 aliphatic rings. The summed E-state index contributed by atoms with van der Waals surface area (Å²) in [5.41, 5.74) is 3.29. The van der Waals surface area contributed by atoms with Gasteiger partial charge in [0.25, 0.3) is 0 Å². The molecule has 0 amide bonds. The molecule has 0 radical (unpaired) electrons. The average molecular weight is 411 g/mol. The van der Waals surface area contributed by atoms with Gasteiger partial charge in [0.05, 0.1) is 22.8 Å². The second kappa shape index (κ2) is 7.28. The lowest BCUT2D eigenvalue weighted by atomic mass is 10.2. The second-order valence-corrected chi connectivity index (χ2v) is 7.88. The van der Waals surface area contributed by atoms with Gasteiger partial charge in [-0.25, -0.2) is 14.4 Å². The molecule has 1 aliphatic heterocycles. The summed E-state index contributed by atoms with van der Waals surface area (Å²) in [6.45, 7) is 3.56. The number of hydrogen-bond donors (Lipinski definition) is 1. The molecule has 29 heavy (non-hydrogen) atoms. The first-order chi connectivity index (χ1) is 14.1. The van der Waals surface area contributed by atoms with Crippen molar-refractivity contribution in [2.45, 2.75) is 32.4 Å². The molecule has 0 bridgehead atoms. The van der Waals surface area contributed by atoms with Crippen molar-refractivity contribution in [1.82, 2.24) is 19.9 Å². The van der Waals surface area contributed by atoms with Crippen LogP contribution in [0, 0.1) is 12.7 Å². The summed E-state index contributed by atoms with van der Waals surface area (Å²) in [7, 11) is 0. The smallest absolute Gasteiger partial charge is 0.226 e. The van der Waals surface area contributed by atoms with Crippen LogP contribution in [-0.2, 0) is 6.54 Å². The van der Waals surface area contributed by atoms with Crippen LogP contribution in [0.1, 0.15) is 36.2 Å². The third-order valence-corrected chi connectivity index (χ3v) is 5.69. The number of fused-ring (bicyclic) bond motifs is 1. The Morgan fingerprint density at radius 1 is 1.24 bits per heavy atom. The van der Waals surface area contributed by atoms with Gasteiger partial charge in [-0.15, -0.1) is 0 Å². The number of imidazole rings is 1. The summed E-state index contributed by atoms with van der Waals surface area (Å²) < 4.78 is 19.4. The van der Waals surface area contributed by atoms with E-state index in [1.807, 2.05) is 31.2 Å². The monoisotopic (exact) mass is 410 g/mol. The van der Waals surface area contributed by atoms with Gasteiger partial charge in [0.1, 0.15) is 17.4 Å². The Bertz CT molecular complexity index is 1180. The van der Waals surface area contributed by atoms with Gasteiger partial charge in [-0.1, -0.05) is 17.7 Å². The van der Waals surface area contributed by atoms with Crippen LogP contribution >= 0.6 is 11.6 Å². The fourth-order valence-corrected chi connectivity index (χ4v) is 4.19. The Labute approximate surface area is 172 Å². The van der Waals surface area contributed by atoms with Crippen molar-refractivity contribution < 1.29 is 8.81 Å². The molecule has 0 aliphatic carbocycles. The summed E-state index contributed by atoms with van der Waals surface area (Å²) in [4.78, 5) is 15.1. The maximum atomic E-state index is 13.5. The molecule has 7 heteroatoms. The van der Waals surface area contributed by atoms with E-state index in [1.54, 1.807) is 6.07 Å². The predicted molar refractivity (Wildman–Crippen MR) is 110 cm³/mol. The lowest BCUT2D eigenvalue weighted by molar-refractivity contribution is 0.237. The van der Waals surface area contributed by atoms with Gasteiger partial charge in [-0.05, 0) is 62.7 Å². The first-order valence-electron chi connectivity index (χ1n) is 9.68. The lowest BCUT2D eigenvalue weighted by Gasteiger charge is -2.21. The molecule has 1 fully saturated rings. The van der Waals surface area contributed by atoms with Crippen LogP contribution in [-0.4, -0.2) is 26.4 Å². The summed E-state index contributed by atoms with van der Waals surface area (Å²) in [6.07, 6.45) is 2.08. The van der Waals surface area contributed by atoms with Crippen molar-refractivity contribution in [1.29, 1.82) is 0 Å². The molecule has 148 valence electrons. The number of aromatic amines is 1. The highest BCUT2D eigenvalue weighted by Crippen LogP contribution is 2.34. The SMILES string of the molecule is Cc1oc(-c2cccc(Cl)c2)nc1CN1CCCC1c1nc2ccc(F)cc2[nH]1.